The van der Waals surface area contributed by atoms with E-state index in [-0.39, 0.29) is 42.6 Å². The van der Waals surface area contributed by atoms with Crippen LogP contribution in [0, 0.1) is 0 Å². The summed E-state index contributed by atoms with van der Waals surface area (Å²) in [7, 11) is 2.02. The quantitative estimate of drug-likeness (QED) is 0.174. The number of rotatable bonds is 9. The van der Waals surface area contributed by atoms with Gasteiger partial charge in [0.05, 0.1) is 48.5 Å². The molecule has 0 bridgehead atoms. The third-order valence-corrected chi connectivity index (χ3v) is 6.52. The SMILES string of the molecule is C[N+](CCO)(CCO)CCCOc1ccc(Cl)c2c(=O)c3ccccc3sc12.[I-]. The fourth-order valence-corrected chi connectivity index (χ4v) is 4.87. The summed E-state index contributed by atoms with van der Waals surface area (Å²) in [6.45, 7) is 2.62. The number of benzene rings is 2. The van der Waals surface area contributed by atoms with Crippen molar-refractivity contribution in [1.82, 2.24) is 0 Å². The Morgan fingerprint density at radius 3 is 2.45 bits per heavy atom. The number of hydrogen-bond donors (Lipinski definition) is 2. The van der Waals surface area contributed by atoms with Gasteiger partial charge in [0.15, 0.2) is 5.43 Å². The van der Waals surface area contributed by atoms with Crippen LogP contribution in [-0.4, -0.2) is 61.2 Å². The van der Waals surface area contributed by atoms with Gasteiger partial charge in [0.25, 0.3) is 0 Å². The molecule has 0 fully saturated rings. The molecule has 2 aromatic carbocycles. The summed E-state index contributed by atoms with van der Waals surface area (Å²) in [6.07, 6.45) is 0.767. The summed E-state index contributed by atoms with van der Waals surface area (Å²) in [6, 6.07) is 11.0. The van der Waals surface area contributed by atoms with Crippen molar-refractivity contribution < 1.29 is 43.4 Å². The zero-order valence-electron chi connectivity index (χ0n) is 16.2. The molecule has 158 valence electrons. The molecular formula is C21H25ClINO4S. The molecule has 5 nitrogen and oxygen atoms in total. The van der Waals surface area contributed by atoms with Crippen LogP contribution in [0.2, 0.25) is 5.02 Å². The topological polar surface area (TPSA) is 66.8 Å². The van der Waals surface area contributed by atoms with E-state index in [1.54, 1.807) is 6.07 Å². The summed E-state index contributed by atoms with van der Waals surface area (Å²) in [5.74, 6) is 0.658. The lowest BCUT2D eigenvalue weighted by atomic mass is 10.2. The number of hydrogen-bond acceptors (Lipinski definition) is 5. The number of halogens is 2. The van der Waals surface area contributed by atoms with Crippen LogP contribution in [0.25, 0.3) is 20.2 Å². The predicted molar refractivity (Wildman–Crippen MR) is 116 cm³/mol. The second kappa shape index (κ2) is 10.9. The van der Waals surface area contributed by atoms with Gasteiger partial charge in [-0.05, 0) is 24.3 Å². The normalized spacial score (nSPS) is 11.6. The van der Waals surface area contributed by atoms with Crippen LogP contribution in [-0.2, 0) is 0 Å². The smallest absolute Gasteiger partial charge is 0.197 e. The van der Waals surface area contributed by atoms with Gasteiger partial charge in [-0.2, -0.15) is 0 Å². The molecule has 0 radical (unpaired) electrons. The van der Waals surface area contributed by atoms with E-state index in [1.807, 2.05) is 37.4 Å². The molecule has 1 heterocycles. The fourth-order valence-electron chi connectivity index (χ4n) is 3.40. The Balaban J connectivity index is 0.00000300. The Hall–Kier alpha value is -0.970. The molecule has 0 amide bonds. The van der Waals surface area contributed by atoms with Gasteiger partial charge in [-0.15, -0.1) is 11.3 Å². The molecule has 0 unspecified atom stereocenters. The van der Waals surface area contributed by atoms with E-state index < -0.39 is 0 Å². The van der Waals surface area contributed by atoms with Crippen LogP contribution in [0.1, 0.15) is 6.42 Å². The van der Waals surface area contributed by atoms with Gasteiger partial charge < -0.3 is 43.4 Å². The second-order valence-electron chi connectivity index (χ2n) is 7.12. The van der Waals surface area contributed by atoms with Crippen LogP contribution in [0.4, 0.5) is 0 Å². The Labute approximate surface area is 196 Å². The van der Waals surface area contributed by atoms with E-state index in [9.17, 15) is 15.0 Å². The molecule has 0 saturated heterocycles. The maximum atomic E-state index is 12.9. The van der Waals surface area contributed by atoms with Gasteiger partial charge in [-0.3, -0.25) is 4.79 Å². The van der Waals surface area contributed by atoms with E-state index in [0.717, 1.165) is 22.4 Å². The molecule has 1 aromatic heterocycles. The van der Waals surface area contributed by atoms with E-state index in [1.165, 1.54) is 11.3 Å². The van der Waals surface area contributed by atoms with Crippen LogP contribution in [0.15, 0.2) is 41.2 Å². The summed E-state index contributed by atoms with van der Waals surface area (Å²) in [5, 5.41) is 20.1. The van der Waals surface area contributed by atoms with Crippen molar-refractivity contribution in [3.8, 4) is 5.75 Å². The van der Waals surface area contributed by atoms with Crippen molar-refractivity contribution in [2.75, 3.05) is 46.5 Å². The minimum Gasteiger partial charge on any atom is -1.00 e. The summed E-state index contributed by atoms with van der Waals surface area (Å²) < 4.78 is 8.27. The van der Waals surface area contributed by atoms with Crippen molar-refractivity contribution in [2.24, 2.45) is 0 Å². The highest BCUT2D eigenvalue weighted by molar-refractivity contribution is 7.25. The number of aliphatic hydroxyl groups is 2. The van der Waals surface area contributed by atoms with Crippen LogP contribution < -0.4 is 34.1 Å². The third-order valence-electron chi connectivity index (χ3n) is 5.02. The van der Waals surface area contributed by atoms with Gasteiger partial charge in [-0.1, -0.05) is 23.7 Å². The molecule has 0 aliphatic rings. The zero-order valence-corrected chi connectivity index (χ0v) is 20.0. The highest BCUT2D eigenvalue weighted by Crippen LogP contribution is 2.35. The van der Waals surface area contributed by atoms with Crippen LogP contribution in [0.5, 0.6) is 5.75 Å². The lowest BCUT2D eigenvalue weighted by molar-refractivity contribution is -0.910. The average Bonchev–Trinajstić information content (AvgIpc) is 2.67. The fraction of sp³-hybridized carbons (Fsp3) is 0.381. The Bertz CT molecular complexity index is 1020. The third kappa shape index (κ3) is 5.59. The molecular weight excluding hydrogens is 525 g/mol. The molecule has 3 rings (SSSR count). The molecule has 8 heteroatoms. The van der Waals surface area contributed by atoms with Gasteiger partial charge in [0.1, 0.15) is 18.8 Å². The molecule has 0 saturated carbocycles. The van der Waals surface area contributed by atoms with Gasteiger partial charge in [0.2, 0.25) is 0 Å². The largest absolute Gasteiger partial charge is 1.00 e. The second-order valence-corrected chi connectivity index (χ2v) is 8.58. The highest BCUT2D eigenvalue weighted by atomic mass is 127. The Kier molecular flexibility index (Phi) is 9.12. The van der Waals surface area contributed by atoms with E-state index in [2.05, 4.69) is 0 Å². The minimum absolute atomic E-state index is 0. The van der Waals surface area contributed by atoms with Crippen molar-refractivity contribution >= 4 is 43.1 Å². The molecule has 0 aliphatic heterocycles. The monoisotopic (exact) mass is 549 g/mol. The van der Waals surface area contributed by atoms with Crippen molar-refractivity contribution in [3.05, 3.63) is 51.6 Å². The molecule has 0 aliphatic carbocycles. The number of quaternary nitrogens is 1. The molecule has 29 heavy (non-hydrogen) atoms. The van der Waals surface area contributed by atoms with E-state index >= 15 is 0 Å². The first kappa shape index (κ1) is 24.3. The average molecular weight is 550 g/mol. The summed E-state index contributed by atoms with van der Waals surface area (Å²) in [5.41, 5.74) is -0.0741. The first-order valence-electron chi connectivity index (χ1n) is 9.31. The first-order chi connectivity index (χ1) is 13.5. The maximum Gasteiger partial charge on any atom is 0.197 e. The Morgan fingerprint density at radius 1 is 1.07 bits per heavy atom. The van der Waals surface area contributed by atoms with Crippen molar-refractivity contribution in [1.29, 1.82) is 0 Å². The number of fused-ring (bicyclic) bond motifs is 2. The van der Waals surface area contributed by atoms with Gasteiger partial charge >= 0.3 is 0 Å². The summed E-state index contributed by atoms with van der Waals surface area (Å²) in [4.78, 5) is 12.9. The van der Waals surface area contributed by atoms with E-state index in [0.29, 0.717) is 45.7 Å². The lowest BCUT2D eigenvalue weighted by Gasteiger charge is -2.33. The summed E-state index contributed by atoms with van der Waals surface area (Å²) >= 11 is 7.83. The van der Waals surface area contributed by atoms with Gasteiger partial charge in [0, 0.05) is 16.5 Å². The number of ether oxygens (including phenoxy) is 1. The Morgan fingerprint density at radius 2 is 1.76 bits per heavy atom. The number of aliphatic hydroxyl groups excluding tert-OH is 2. The maximum absolute atomic E-state index is 12.9. The first-order valence-corrected chi connectivity index (χ1v) is 10.5. The van der Waals surface area contributed by atoms with Crippen molar-refractivity contribution in [2.45, 2.75) is 6.42 Å². The molecule has 3 aromatic rings. The number of likely N-dealkylation sites (N-methyl/N-ethyl adjacent to an activating group) is 1. The van der Waals surface area contributed by atoms with Crippen molar-refractivity contribution in [3.63, 3.8) is 0 Å². The standard InChI is InChI=1S/C21H25ClNO4S.HI/c1-23(10-12-24,11-13-25)9-4-14-27-17-8-7-16(22)19-20(26)15-5-2-3-6-18(15)28-21(17)19;/h2-3,5-8,24-25H,4,9-14H2,1H3;1H/q+1;/p-1. The van der Waals surface area contributed by atoms with Crippen LogP contribution in [0.3, 0.4) is 0 Å². The minimum atomic E-state index is -0.0741. The van der Waals surface area contributed by atoms with Crippen LogP contribution >= 0.6 is 22.9 Å². The van der Waals surface area contributed by atoms with E-state index in [4.69, 9.17) is 16.3 Å². The lowest BCUT2D eigenvalue weighted by Crippen LogP contribution is -3.00. The molecule has 2 N–H and O–H groups in total. The predicted octanol–water partition coefficient (Wildman–Crippen LogP) is 0.272. The van der Waals surface area contributed by atoms with Gasteiger partial charge in [-0.25, -0.2) is 0 Å². The zero-order chi connectivity index (χ0) is 20.1. The molecule has 0 atom stereocenters. The molecule has 0 spiro atoms. The highest BCUT2D eigenvalue weighted by Gasteiger charge is 2.20. The number of nitrogens with zero attached hydrogens (tertiary/aromatic N) is 1.